The number of nitrogens with zero attached hydrogens (tertiary/aromatic N) is 2. The van der Waals surface area contributed by atoms with Crippen LogP contribution in [0.25, 0.3) is 0 Å². The molecule has 2 atom stereocenters. The molecule has 0 spiro atoms. The van der Waals surface area contributed by atoms with E-state index >= 15 is 0 Å². The second kappa shape index (κ2) is 7.91. The van der Waals surface area contributed by atoms with Crippen molar-refractivity contribution in [3.05, 3.63) is 58.4 Å². The van der Waals surface area contributed by atoms with Crippen LogP contribution in [0.2, 0.25) is 5.02 Å². The molecule has 29 heavy (non-hydrogen) atoms. The van der Waals surface area contributed by atoms with Crippen LogP contribution in [-0.2, 0) is 5.54 Å². The van der Waals surface area contributed by atoms with Crippen LogP contribution in [0.15, 0.2) is 35.5 Å². The number of fused-ring (bicyclic) bond motifs is 1. The summed E-state index contributed by atoms with van der Waals surface area (Å²) in [6.45, 7) is 0. The molecule has 1 saturated carbocycles. The van der Waals surface area contributed by atoms with Crippen LogP contribution in [0.1, 0.15) is 41.7 Å². The van der Waals surface area contributed by atoms with Crippen molar-refractivity contribution in [3.8, 4) is 0 Å². The number of benzene rings is 1. The van der Waals surface area contributed by atoms with Crippen molar-refractivity contribution in [2.24, 2.45) is 16.6 Å². The smallest absolute Gasteiger partial charge is 0.274 e. The van der Waals surface area contributed by atoms with Crippen molar-refractivity contribution >= 4 is 40.1 Å². The van der Waals surface area contributed by atoms with Gasteiger partial charge in [0.05, 0.1) is 10.6 Å². The number of amidine groups is 1. The molecule has 1 aromatic carbocycles. The molecule has 2 aliphatic rings. The molecule has 0 bridgehead atoms. The maximum absolute atomic E-state index is 14.9. The lowest BCUT2D eigenvalue weighted by Crippen LogP contribution is -2.43. The summed E-state index contributed by atoms with van der Waals surface area (Å²) in [4.78, 5) is 21.0. The number of anilines is 1. The van der Waals surface area contributed by atoms with Gasteiger partial charge >= 0.3 is 0 Å². The zero-order valence-electron chi connectivity index (χ0n) is 15.4. The molecule has 1 amide bonds. The fraction of sp³-hybridized carbons (Fsp3) is 0.350. The Morgan fingerprint density at radius 2 is 2.14 bits per heavy atom. The van der Waals surface area contributed by atoms with Crippen LogP contribution >= 0.6 is 23.4 Å². The fourth-order valence-corrected chi connectivity index (χ4v) is 5.26. The summed E-state index contributed by atoms with van der Waals surface area (Å²) in [7, 11) is 0. The summed E-state index contributed by atoms with van der Waals surface area (Å²) in [5.41, 5.74) is 5.47. The van der Waals surface area contributed by atoms with E-state index in [1.165, 1.54) is 36.2 Å². The minimum Gasteiger partial charge on any atom is -0.379 e. The van der Waals surface area contributed by atoms with Gasteiger partial charge in [-0.25, -0.2) is 13.8 Å². The molecular formula is C20H19ClF2N4OS. The quantitative estimate of drug-likeness (QED) is 0.730. The average molecular weight is 437 g/mol. The first kappa shape index (κ1) is 20.1. The number of aliphatic imine (C=N–C) groups is 1. The predicted octanol–water partition coefficient (Wildman–Crippen LogP) is 4.71. The van der Waals surface area contributed by atoms with E-state index in [1.807, 2.05) is 0 Å². The molecule has 5 nitrogen and oxygen atoms in total. The second-order valence-electron chi connectivity index (χ2n) is 7.26. The van der Waals surface area contributed by atoms with Crippen LogP contribution in [0.3, 0.4) is 0 Å². The number of aromatic nitrogens is 1. The highest BCUT2D eigenvalue weighted by Crippen LogP contribution is 2.50. The fourth-order valence-electron chi connectivity index (χ4n) is 4.11. The molecule has 2 aromatic rings. The second-order valence-corrected chi connectivity index (χ2v) is 8.74. The third kappa shape index (κ3) is 3.83. The minimum absolute atomic E-state index is 0.0614. The first-order valence-corrected chi connectivity index (χ1v) is 10.7. The lowest BCUT2D eigenvalue weighted by molar-refractivity contribution is 0.102. The number of hydrogen-bond acceptors (Lipinski definition) is 5. The molecule has 0 saturated heterocycles. The number of halogens is 3. The van der Waals surface area contributed by atoms with E-state index in [1.54, 1.807) is 0 Å². The SMILES string of the molecule is NC1=N[C@@]2(c3cc(NC(=O)c4ccc(Cl)cn4)cc(F)c3F)CCCC[C@H]2CS1. The molecule has 4 rings (SSSR count). The van der Waals surface area contributed by atoms with Crippen molar-refractivity contribution < 1.29 is 13.6 Å². The number of nitrogens with two attached hydrogens (primary N) is 1. The third-order valence-electron chi connectivity index (χ3n) is 5.49. The van der Waals surface area contributed by atoms with Crippen LogP contribution in [-0.4, -0.2) is 21.8 Å². The lowest BCUT2D eigenvalue weighted by atomic mass is 9.69. The Labute approximate surface area is 176 Å². The number of carbonyl (C=O) groups is 1. The molecule has 1 aliphatic heterocycles. The van der Waals surface area contributed by atoms with Crippen molar-refractivity contribution in [2.45, 2.75) is 31.2 Å². The first-order valence-electron chi connectivity index (χ1n) is 9.29. The Morgan fingerprint density at radius 3 is 2.90 bits per heavy atom. The number of thioether (sulfide) groups is 1. The zero-order valence-corrected chi connectivity index (χ0v) is 17.0. The van der Waals surface area contributed by atoms with Crippen LogP contribution in [0.4, 0.5) is 14.5 Å². The summed E-state index contributed by atoms with van der Waals surface area (Å²) >= 11 is 7.23. The summed E-state index contributed by atoms with van der Waals surface area (Å²) < 4.78 is 29.4. The molecule has 1 aliphatic carbocycles. The Hall–Kier alpha value is -2.19. The van der Waals surface area contributed by atoms with Gasteiger partial charge in [-0.3, -0.25) is 9.79 Å². The van der Waals surface area contributed by atoms with E-state index in [0.29, 0.717) is 22.4 Å². The monoisotopic (exact) mass is 436 g/mol. The highest BCUT2D eigenvalue weighted by atomic mass is 35.5. The van der Waals surface area contributed by atoms with Crippen LogP contribution < -0.4 is 11.1 Å². The zero-order chi connectivity index (χ0) is 20.6. The Bertz CT molecular complexity index is 985. The summed E-state index contributed by atoms with van der Waals surface area (Å²) in [6, 6.07) is 5.42. The number of pyridine rings is 1. The van der Waals surface area contributed by atoms with E-state index in [-0.39, 0.29) is 22.9 Å². The number of hydrogen-bond donors (Lipinski definition) is 2. The lowest BCUT2D eigenvalue weighted by Gasteiger charge is -2.44. The molecule has 0 unspecified atom stereocenters. The molecule has 9 heteroatoms. The Morgan fingerprint density at radius 1 is 1.31 bits per heavy atom. The molecule has 1 fully saturated rings. The standard InChI is InChI=1S/C20H19ClF2N4OS/c21-12-4-5-16(25-9-12)18(28)26-13-7-14(17(23)15(22)8-13)20-6-2-1-3-11(20)10-29-19(24)27-20/h4-5,7-9,11H,1-3,6,10H2,(H2,24,27)(H,26,28)/t11-,20-/m0/s1. The van der Waals surface area contributed by atoms with Crippen molar-refractivity contribution in [1.82, 2.24) is 4.98 Å². The van der Waals surface area contributed by atoms with E-state index in [2.05, 4.69) is 15.3 Å². The van der Waals surface area contributed by atoms with Crippen LogP contribution in [0.5, 0.6) is 0 Å². The predicted molar refractivity (Wildman–Crippen MR) is 111 cm³/mol. The van der Waals surface area contributed by atoms with Crippen molar-refractivity contribution in [1.29, 1.82) is 0 Å². The van der Waals surface area contributed by atoms with Gasteiger partial charge in [-0.1, -0.05) is 36.2 Å². The van der Waals surface area contributed by atoms with Gasteiger partial charge in [0.2, 0.25) is 0 Å². The summed E-state index contributed by atoms with van der Waals surface area (Å²) in [5.74, 6) is -1.75. The number of carbonyl (C=O) groups excluding carboxylic acids is 1. The highest BCUT2D eigenvalue weighted by Gasteiger charge is 2.46. The largest absolute Gasteiger partial charge is 0.379 e. The molecule has 0 radical (unpaired) electrons. The van der Waals surface area contributed by atoms with Crippen molar-refractivity contribution in [2.75, 3.05) is 11.1 Å². The van der Waals surface area contributed by atoms with E-state index < -0.39 is 23.1 Å². The average Bonchev–Trinajstić information content (AvgIpc) is 2.70. The molecular weight excluding hydrogens is 418 g/mol. The van der Waals surface area contributed by atoms with Gasteiger partial charge in [-0.15, -0.1) is 0 Å². The van der Waals surface area contributed by atoms with Crippen LogP contribution in [0, 0.1) is 17.6 Å². The maximum atomic E-state index is 14.9. The van der Waals surface area contributed by atoms with Gasteiger partial charge in [0.1, 0.15) is 5.69 Å². The molecule has 3 N–H and O–H groups in total. The number of rotatable bonds is 3. The molecule has 1 aromatic heterocycles. The number of amides is 1. The normalized spacial score (nSPS) is 23.8. The van der Waals surface area contributed by atoms with Gasteiger partial charge < -0.3 is 11.1 Å². The van der Waals surface area contributed by atoms with Crippen molar-refractivity contribution in [3.63, 3.8) is 0 Å². The number of nitrogens with one attached hydrogen (secondary N) is 1. The topological polar surface area (TPSA) is 80.4 Å². The first-order chi connectivity index (χ1) is 13.9. The van der Waals surface area contributed by atoms with Gasteiger partial charge in [-0.2, -0.15) is 0 Å². The summed E-state index contributed by atoms with van der Waals surface area (Å²) in [5, 5.41) is 3.36. The third-order valence-corrected chi connectivity index (χ3v) is 6.67. The highest BCUT2D eigenvalue weighted by molar-refractivity contribution is 8.13. The van der Waals surface area contributed by atoms with E-state index in [0.717, 1.165) is 25.3 Å². The van der Waals surface area contributed by atoms with E-state index in [4.69, 9.17) is 17.3 Å². The van der Waals surface area contributed by atoms with Gasteiger partial charge in [0.25, 0.3) is 5.91 Å². The van der Waals surface area contributed by atoms with E-state index in [9.17, 15) is 13.6 Å². The molecule has 2 heterocycles. The van der Waals surface area contributed by atoms with Gasteiger partial charge in [0.15, 0.2) is 16.8 Å². The van der Waals surface area contributed by atoms with Gasteiger partial charge in [-0.05, 0) is 37.0 Å². The Kier molecular flexibility index (Phi) is 5.48. The maximum Gasteiger partial charge on any atom is 0.274 e. The Balaban J connectivity index is 1.73. The minimum atomic E-state index is -1.03. The summed E-state index contributed by atoms with van der Waals surface area (Å²) in [6.07, 6.45) is 4.67. The molecule has 152 valence electrons. The van der Waals surface area contributed by atoms with Gasteiger partial charge in [0, 0.05) is 29.3 Å².